The Kier molecular flexibility index (Phi) is 11.4. The van der Waals surface area contributed by atoms with Crippen molar-refractivity contribution >= 4 is 66.4 Å². The minimum atomic E-state index is -0.575. The van der Waals surface area contributed by atoms with E-state index >= 15 is 0 Å². The van der Waals surface area contributed by atoms with Gasteiger partial charge in [-0.05, 0) is 114 Å². The smallest absolute Gasteiger partial charge is 0.247 e. The Morgan fingerprint density at radius 1 is 0.837 bits per heavy atom. The number of piperidine rings is 1. The minimum absolute atomic E-state index is 0.0711. The SMILES string of the molecule is CC1(O)CCC(Nc2ccc(Br)cc2N)CC1.CC1(O)CCC(Nc2ccc(Br)cc2NC(=O)[C@@H]2CCCC(=O)N2)CC1. The Balaban J connectivity index is 0.000000215. The Hall–Kier alpha value is -2.34. The average Bonchev–Trinajstić information content (AvgIpc) is 2.94. The molecule has 3 fully saturated rings. The topological polar surface area (TPSA) is 149 Å². The van der Waals surface area contributed by atoms with E-state index in [-0.39, 0.29) is 17.9 Å². The van der Waals surface area contributed by atoms with Gasteiger partial charge in [0.2, 0.25) is 11.8 Å². The van der Waals surface area contributed by atoms with Gasteiger partial charge in [0.1, 0.15) is 6.04 Å². The largest absolute Gasteiger partial charge is 0.397 e. The lowest BCUT2D eigenvalue weighted by Crippen LogP contribution is -2.46. The van der Waals surface area contributed by atoms with Crippen LogP contribution in [0.5, 0.6) is 0 Å². The molecule has 0 aromatic heterocycles. The third kappa shape index (κ3) is 10.4. The second kappa shape index (κ2) is 14.6. The van der Waals surface area contributed by atoms with Crippen LogP contribution in [0, 0.1) is 0 Å². The van der Waals surface area contributed by atoms with Crippen LogP contribution in [0.3, 0.4) is 0 Å². The summed E-state index contributed by atoms with van der Waals surface area (Å²) in [5.41, 5.74) is 8.19. The highest BCUT2D eigenvalue weighted by Crippen LogP contribution is 2.34. The molecule has 0 radical (unpaired) electrons. The summed E-state index contributed by atoms with van der Waals surface area (Å²) < 4.78 is 1.87. The number of amides is 2. The normalized spacial score (nSPS) is 29.0. The lowest BCUT2D eigenvalue weighted by atomic mass is 9.83. The molecule has 0 spiro atoms. The van der Waals surface area contributed by atoms with Crippen LogP contribution in [0.15, 0.2) is 45.3 Å². The van der Waals surface area contributed by atoms with E-state index in [9.17, 15) is 19.8 Å². The second-order valence-electron chi connectivity index (χ2n) is 12.8. The summed E-state index contributed by atoms with van der Waals surface area (Å²) in [6.45, 7) is 3.80. The van der Waals surface area contributed by atoms with E-state index in [2.05, 4.69) is 53.1 Å². The van der Waals surface area contributed by atoms with Gasteiger partial charge in [-0.2, -0.15) is 0 Å². The molecule has 1 saturated heterocycles. The number of nitrogens with one attached hydrogen (secondary N) is 4. The highest BCUT2D eigenvalue weighted by molar-refractivity contribution is 9.10. The predicted molar refractivity (Wildman–Crippen MR) is 180 cm³/mol. The van der Waals surface area contributed by atoms with Crippen molar-refractivity contribution in [2.75, 3.05) is 21.7 Å². The van der Waals surface area contributed by atoms with Gasteiger partial charge >= 0.3 is 0 Å². The van der Waals surface area contributed by atoms with Gasteiger partial charge in [0.05, 0.1) is 34.0 Å². The number of carbonyl (C=O) groups excluding carboxylic acids is 2. The first kappa shape index (κ1) is 33.6. The van der Waals surface area contributed by atoms with Gasteiger partial charge in [0, 0.05) is 27.4 Å². The van der Waals surface area contributed by atoms with Crippen molar-refractivity contribution in [1.82, 2.24) is 5.32 Å². The fraction of sp³-hybridized carbons (Fsp3) is 0.562. The lowest BCUT2D eigenvalue weighted by Gasteiger charge is -2.34. The van der Waals surface area contributed by atoms with E-state index < -0.39 is 17.2 Å². The van der Waals surface area contributed by atoms with Crippen LogP contribution in [0.1, 0.15) is 84.5 Å². The first-order valence-electron chi connectivity index (χ1n) is 15.2. The van der Waals surface area contributed by atoms with Gasteiger partial charge in [-0.15, -0.1) is 0 Å². The molecule has 11 heteroatoms. The number of halogens is 2. The van der Waals surface area contributed by atoms with Gasteiger partial charge in [0.15, 0.2) is 0 Å². The van der Waals surface area contributed by atoms with E-state index in [4.69, 9.17) is 5.73 Å². The number of nitrogen functional groups attached to an aromatic ring is 1. The first-order valence-corrected chi connectivity index (χ1v) is 16.8. The van der Waals surface area contributed by atoms with Crippen LogP contribution < -0.4 is 27.0 Å². The van der Waals surface area contributed by atoms with Crippen LogP contribution in [-0.2, 0) is 9.59 Å². The molecule has 1 heterocycles. The lowest BCUT2D eigenvalue weighted by molar-refractivity contribution is -0.128. The fourth-order valence-electron chi connectivity index (χ4n) is 5.84. The number of anilines is 4. The maximum absolute atomic E-state index is 12.6. The molecule has 2 aromatic carbocycles. The van der Waals surface area contributed by atoms with Crippen molar-refractivity contribution in [3.63, 3.8) is 0 Å². The molecule has 5 rings (SSSR count). The van der Waals surface area contributed by atoms with Gasteiger partial charge in [-0.25, -0.2) is 0 Å². The molecule has 1 atom stereocenters. The van der Waals surface area contributed by atoms with Crippen LogP contribution in [0.4, 0.5) is 22.7 Å². The maximum Gasteiger partial charge on any atom is 0.247 e. The van der Waals surface area contributed by atoms with Crippen molar-refractivity contribution in [1.29, 1.82) is 0 Å². The summed E-state index contributed by atoms with van der Waals surface area (Å²) >= 11 is 6.85. The molecule has 1 aliphatic heterocycles. The summed E-state index contributed by atoms with van der Waals surface area (Å²) in [5.74, 6) is -0.260. The van der Waals surface area contributed by atoms with Crippen molar-refractivity contribution in [3.8, 4) is 0 Å². The average molecular weight is 724 g/mol. The zero-order chi connectivity index (χ0) is 31.2. The fourth-order valence-corrected chi connectivity index (χ4v) is 6.58. The highest BCUT2D eigenvalue weighted by atomic mass is 79.9. The van der Waals surface area contributed by atoms with Crippen molar-refractivity contribution in [2.24, 2.45) is 0 Å². The van der Waals surface area contributed by atoms with E-state index in [0.29, 0.717) is 24.6 Å². The molecule has 9 nitrogen and oxygen atoms in total. The van der Waals surface area contributed by atoms with Crippen LogP contribution in [-0.4, -0.2) is 51.4 Å². The number of benzene rings is 2. The van der Waals surface area contributed by atoms with Gasteiger partial charge in [-0.1, -0.05) is 31.9 Å². The van der Waals surface area contributed by atoms with Crippen LogP contribution in [0.2, 0.25) is 0 Å². The van der Waals surface area contributed by atoms with Crippen molar-refractivity contribution in [2.45, 2.75) is 114 Å². The monoisotopic (exact) mass is 721 g/mol. The highest BCUT2D eigenvalue weighted by Gasteiger charge is 2.30. The number of hydrogen-bond donors (Lipinski definition) is 7. The number of rotatable bonds is 6. The van der Waals surface area contributed by atoms with E-state index in [1.54, 1.807) is 0 Å². The molecule has 2 aromatic rings. The number of aliphatic hydroxyl groups is 2. The summed E-state index contributed by atoms with van der Waals surface area (Å²) in [6, 6.07) is 11.8. The molecule has 3 aliphatic rings. The predicted octanol–water partition coefficient (Wildman–Crippen LogP) is 6.30. The number of nitrogens with two attached hydrogens (primary N) is 1. The molecule has 236 valence electrons. The number of carbonyl (C=O) groups is 2. The Morgan fingerprint density at radius 2 is 1.35 bits per heavy atom. The molecule has 2 aliphatic carbocycles. The Bertz CT molecular complexity index is 1270. The van der Waals surface area contributed by atoms with Crippen molar-refractivity contribution < 1.29 is 19.8 Å². The van der Waals surface area contributed by atoms with Gasteiger partial charge < -0.3 is 37.2 Å². The van der Waals surface area contributed by atoms with E-state index in [0.717, 1.165) is 83.8 Å². The molecule has 2 amide bonds. The van der Waals surface area contributed by atoms with Gasteiger partial charge in [-0.3, -0.25) is 9.59 Å². The van der Waals surface area contributed by atoms with Crippen LogP contribution in [0.25, 0.3) is 0 Å². The third-order valence-electron chi connectivity index (χ3n) is 8.65. The second-order valence-corrected chi connectivity index (χ2v) is 14.6. The molecule has 0 unspecified atom stereocenters. The molecule has 0 bridgehead atoms. The molecular formula is C32H45Br2N5O4. The summed E-state index contributed by atoms with van der Waals surface area (Å²) in [4.78, 5) is 24.1. The zero-order valence-corrected chi connectivity index (χ0v) is 28.2. The van der Waals surface area contributed by atoms with E-state index in [1.807, 2.05) is 50.2 Å². The summed E-state index contributed by atoms with van der Waals surface area (Å²) in [7, 11) is 0. The Morgan fingerprint density at radius 3 is 1.88 bits per heavy atom. The third-order valence-corrected chi connectivity index (χ3v) is 9.63. The molecule has 8 N–H and O–H groups in total. The quantitative estimate of drug-likeness (QED) is 0.173. The zero-order valence-electron chi connectivity index (χ0n) is 25.0. The van der Waals surface area contributed by atoms with Gasteiger partial charge in [0.25, 0.3) is 0 Å². The standard InChI is InChI=1S/C19H26BrN3O3.C13H19BrN2O/c1-19(26)9-7-13(8-10-19)21-14-6-5-12(20)11-16(14)23-18(25)15-3-2-4-17(24)22-15;1-13(17)6-4-10(5-7-13)16-12-3-2-9(14)8-11(12)15/h5-6,11,13,15,21,26H,2-4,7-10H2,1H3,(H,22,24)(H,23,25);2-3,8,10,16-17H,4-7,15H2,1H3/t13?,15-,19?;/m0./s1. The van der Waals surface area contributed by atoms with Crippen molar-refractivity contribution in [3.05, 3.63) is 45.3 Å². The van der Waals surface area contributed by atoms with E-state index in [1.165, 1.54) is 0 Å². The van der Waals surface area contributed by atoms with Crippen LogP contribution >= 0.6 is 31.9 Å². The summed E-state index contributed by atoms with van der Waals surface area (Å²) in [6.07, 6.45) is 8.84. The first-order chi connectivity index (χ1) is 20.3. The summed E-state index contributed by atoms with van der Waals surface area (Å²) in [5, 5.41) is 32.7. The molecular weight excluding hydrogens is 678 g/mol. The minimum Gasteiger partial charge on any atom is -0.397 e. The molecule has 43 heavy (non-hydrogen) atoms. The molecule has 2 saturated carbocycles. The number of hydrogen-bond acceptors (Lipinski definition) is 7. The Labute approximate surface area is 271 Å². The maximum atomic E-state index is 12.6.